The van der Waals surface area contributed by atoms with Crippen LogP contribution in [0.2, 0.25) is 0 Å². The van der Waals surface area contributed by atoms with Gasteiger partial charge in [-0.3, -0.25) is 9.69 Å². The third-order valence-corrected chi connectivity index (χ3v) is 6.78. The zero-order valence-electron chi connectivity index (χ0n) is 15.1. The summed E-state index contributed by atoms with van der Waals surface area (Å²) in [6.07, 6.45) is 2.07. The molecule has 0 spiro atoms. The molecule has 1 fully saturated rings. The first-order valence-electron chi connectivity index (χ1n) is 8.81. The van der Waals surface area contributed by atoms with Gasteiger partial charge in [0.1, 0.15) is 11.3 Å². The molecule has 0 bridgehead atoms. The lowest BCUT2D eigenvalue weighted by molar-refractivity contribution is -0.134. The average Bonchev–Trinajstić information content (AvgIpc) is 3.32. The summed E-state index contributed by atoms with van der Waals surface area (Å²) in [5.41, 5.74) is 6.50. The van der Waals surface area contributed by atoms with Crippen LogP contribution in [0.1, 0.15) is 30.2 Å². The van der Waals surface area contributed by atoms with Crippen LogP contribution in [0.25, 0.3) is 10.4 Å². The number of nitrogens with zero attached hydrogens (tertiary/aromatic N) is 3. The topological polar surface area (TPSA) is 103 Å². The molecule has 2 aliphatic rings. The number of carbonyl (C=O) groups excluding carboxylic acids is 1. The van der Waals surface area contributed by atoms with Gasteiger partial charge in [-0.05, 0) is 61.6 Å². The van der Waals surface area contributed by atoms with Crippen molar-refractivity contribution in [3.05, 3.63) is 40.8 Å². The maximum atomic E-state index is 12.9. The van der Waals surface area contributed by atoms with Crippen molar-refractivity contribution in [1.82, 2.24) is 4.90 Å². The van der Waals surface area contributed by atoms with E-state index in [9.17, 15) is 9.90 Å². The summed E-state index contributed by atoms with van der Waals surface area (Å²) >= 11 is 1.52. The van der Waals surface area contributed by atoms with Gasteiger partial charge in [-0.15, -0.1) is 11.3 Å². The molecular weight excluding hydrogens is 360 g/mol. The van der Waals surface area contributed by atoms with E-state index in [1.165, 1.54) is 22.3 Å². The summed E-state index contributed by atoms with van der Waals surface area (Å²) in [5.74, 6) is 0.418. The lowest BCUT2D eigenvalue weighted by Crippen LogP contribution is -2.54. The molecule has 1 aliphatic carbocycles. The van der Waals surface area contributed by atoms with Gasteiger partial charge < -0.3 is 10.8 Å². The predicted octanol–water partition coefficient (Wildman–Crippen LogP) is 3.02. The number of benzene rings is 1. The third-order valence-electron chi connectivity index (χ3n) is 5.42. The van der Waals surface area contributed by atoms with E-state index < -0.39 is 5.54 Å². The van der Waals surface area contributed by atoms with Crippen molar-refractivity contribution in [2.24, 2.45) is 22.6 Å². The smallest absolute Gasteiger partial charge is 0.235 e. The minimum absolute atomic E-state index is 0.0200. The van der Waals surface area contributed by atoms with Crippen molar-refractivity contribution in [1.29, 1.82) is 5.26 Å². The average molecular weight is 380 g/mol. The second kappa shape index (κ2) is 6.10. The summed E-state index contributed by atoms with van der Waals surface area (Å²) < 4.78 is 0. The summed E-state index contributed by atoms with van der Waals surface area (Å²) in [6.45, 7) is 1.98. The number of hydrogen-bond donors (Lipinski definition) is 2. The Kier molecular flexibility index (Phi) is 3.97. The minimum atomic E-state index is -0.702. The van der Waals surface area contributed by atoms with Gasteiger partial charge in [0, 0.05) is 16.8 Å². The summed E-state index contributed by atoms with van der Waals surface area (Å²) in [5, 5.41) is 19.0. The number of aliphatic imine (C=N–C) groups is 1. The number of thiophene rings is 1. The van der Waals surface area contributed by atoms with Crippen molar-refractivity contribution in [3.63, 3.8) is 0 Å². The maximum absolute atomic E-state index is 12.9. The Balaban J connectivity index is 1.79. The highest BCUT2D eigenvalue weighted by Crippen LogP contribution is 2.52. The Morgan fingerprint density at radius 2 is 2.11 bits per heavy atom. The van der Waals surface area contributed by atoms with E-state index in [-0.39, 0.29) is 23.5 Å². The van der Waals surface area contributed by atoms with Crippen LogP contribution in [0.4, 0.5) is 0 Å². The maximum Gasteiger partial charge on any atom is 0.235 e. The highest BCUT2D eigenvalue weighted by Gasteiger charge is 2.53. The van der Waals surface area contributed by atoms with Crippen LogP contribution in [0.3, 0.4) is 0 Å². The van der Waals surface area contributed by atoms with Crippen LogP contribution >= 0.6 is 11.3 Å². The molecule has 2 aromatic rings. The summed E-state index contributed by atoms with van der Waals surface area (Å²) in [4.78, 5) is 21.0. The van der Waals surface area contributed by atoms with Gasteiger partial charge in [0.25, 0.3) is 0 Å². The number of hydrogen-bond acceptors (Lipinski definition) is 6. The fraction of sp³-hybridized carbons (Fsp3) is 0.350. The molecular formula is C20H20N4O2S. The monoisotopic (exact) mass is 380 g/mol. The Bertz CT molecular complexity index is 1000. The molecule has 2 atom stereocenters. The number of guanidine groups is 1. The Morgan fingerprint density at radius 3 is 2.78 bits per heavy atom. The highest BCUT2D eigenvalue weighted by molar-refractivity contribution is 7.15. The van der Waals surface area contributed by atoms with Gasteiger partial charge in [-0.1, -0.05) is 0 Å². The molecule has 3 N–H and O–H groups in total. The first-order valence-corrected chi connectivity index (χ1v) is 9.63. The number of carbonyl (C=O) groups is 1. The second-order valence-corrected chi connectivity index (χ2v) is 8.46. The van der Waals surface area contributed by atoms with E-state index in [1.54, 1.807) is 19.2 Å². The Morgan fingerprint density at radius 1 is 1.37 bits per heavy atom. The summed E-state index contributed by atoms with van der Waals surface area (Å²) in [7, 11) is 1.67. The number of phenolic OH excluding ortho intramolecular Hbond substituents is 1. The zero-order valence-corrected chi connectivity index (χ0v) is 16.0. The van der Waals surface area contributed by atoms with Crippen molar-refractivity contribution >= 4 is 23.2 Å². The van der Waals surface area contributed by atoms with E-state index in [0.717, 1.165) is 28.2 Å². The molecule has 4 rings (SSSR count). The molecule has 138 valence electrons. The first kappa shape index (κ1) is 17.6. The van der Waals surface area contributed by atoms with Gasteiger partial charge in [0.05, 0.1) is 17.6 Å². The fourth-order valence-corrected chi connectivity index (χ4v) is 4.95. The van der Waals surface area contributed by atoms with Crippen LogP contribution < -0.4 is 5.73 Å². The van der Waals surface area contributed by atoms with Crippen LogP contribution in [0.15, 0.2) is 35.3 Å². The fourth-order valence-electron chi connectivity index (χ4n) is 3.83. The van der Waals surface area contributed by atoms with Crippen molar-refractivity contribution in [3.8, 4) is 22.3 Å². The van der Waals surface area contributed by atoms with E-state index in [4.69, 9.17) is 16.0 Å². The number of nitriles is 1. The Hall–Kier alpha value is -2.85. The van der Waals surface area contributed by atoms with Crippen molar-refractivity contribution in [2.45, 2.75) is 25.3 Å². The Labute approximate surface area is 161 Å². The van der Waals surface area contributed by atoms with E-state index in [0.29, 0.717) is 11.5 Å². The van der Waals surface area contributed by atoms with Gasteiger partial charge in [-0.2, -0.15) is 5.26 Å². The van der Waals surface area contributed by atoms with E-state index >= 15 is 0 Å². The number of rotatable bonds is 3. The zero-order chi connectivity index (χ0) is 19.3. The molecule has 7 heteroatoms. The molecule has 27 heavy (non-hydrogen) atoms. The second-order valence-electron chi connectivity index (χ2n) is 7.37. The molecule has 1 aromatic heterocycles. The van der Waals surface area contributed by atoms with E-state index in [2.05, 4.69) is 6.07 Å². The van der Waals surface area contributed by atoms with Gasteiger partial charge in [0.2, 0.25) is 5.91 Å². The number of nitrogens with two attached hydrogens (primary N) is 1. The van der Waals surface area contributed by atoms with E-state index in [1.807, 2.05) is 19.1 Å². The summed E-state index contributed by atoms with van der Waals surface area (Å²) in [6, 6.07) is 10.8. The van der Waals surface area contributed by atoms with Gasteiger partial charge >= 0.3 is 0 Å². The SMILES string of the molecule is CN1C(=O)[C@H](C2CC2)[C@@](C)(c2ccc(-c3cc(O)cc(C#N)c3)s2)N=C1N. The molecule has 6 nitrogen and oxygen atoms in total. The predicted molar refractivity (Wildman–Crippen MR) is 104 cm³/mol. The number of phenols is 1. The first-order chi connectivity index (χ1) is 12.8. The standard InChI is InChI=1S/C20H20N4O2S/c1-20(17(12-3-4-12)18(26)24(2)19(22)23-20)16-6-5-15(27-16)13-7-11(10-21)8-14(25)9-13/h5-9,12,17,25H,3-4H2,1-2H3,(H2,22,23)/t17-,20+/m0/s1. The van der Waals surface area contributed by atoms with Crippen LogP contribution in [-0.2, 0) is 10.3 Å². The largest absolute Gasteiger partial charge is 0.508 e. The molecule has 0 unspecified atom stereocenters. The molecule has 2 heterocycles. The van der Waals surface area contributed by atoms with Crippen LogP contribution in [-0.4, -0.2) is 28.9 Å². The lowest BCUT2D eigenvalue weighted by Gasteiger charge is -2.40. The molecule has 1 aliphatic heterocycles. The molecule has 0 radical (unpaired) electrons. The number of amides is 1. The van der Waals surface area contributed by atoms with Crippen molar-refractivity contribution in [2.75, 3.05) is 7.05 Å². The van der Waals surface area contributed by atoms with Crippen LogP contribution in [0.5, 0.6) is 5.75 Å². The minimum Gasteiger partial charge on any atom is -0.508 e. The third kappa shape index (κ3) is 2.86. The molecule has 0 saturated heterocycles. The van der Waals surface area contributed by atoms with Gasteiger partial charge in [0.15, 0.2) is 5.96 Å². The normalized spacial score (nSPS) is 25.2. The lowest BCUT2D eigenvalue weighted by atomic mass is 9.79. The van der Waals surface area contributed by atoms with Crippen LogP contribution in [0, 0.1) is 23.2 Å². The molecule has 1 saturated carbocycles. The quantitative estimate of drug-likeness (QED) is 0.854. The highest BCUT2D eigenvalue weighted by atomic mass is 32.1. The number of aromatic hydroxyl groups is 1. The molecule has 1 amide bonds. The van der Waals surface area contributed by atoms with Gasteiger partial charge in [-0.25, -0.2) is 4.99 Å². The van der Waals surface area contributed by atoms with Crippen molar-refractivity contribution < 1.29 is 9.90 Å². The molecule has 1 aromatic carbocycles.